The Kier molecular flexibility index (Phi) is 6.64. The van der Waals surface area contributed by atoms with Crippen LogP contribution in [0.1, 0.15) is 30.1 Å². The summed E-state index contributed by atoms with van der Waals surface area (Å²) in [5.74, 6) is 2.57. The van der Waals surface area contributed by atoms with Crippen LogP contribution in [-0.2, 0) is 16.8 Å². The summed E-state index contributed by atoms with van der Waals surface area (Å²) in [6.45, 7) is 1.75. The van der Waals surface area contributed by atoms with E-state index in [4.69, 9.17) is 18.7 Å². The quantitative estimate of drug-likeness (QED) is 0.837. The van der Waals surface area contributed by atoms with Gasteiger partial charge in [0.05, 0.1) is 14.2 Å². The van der Waals surface area contributed by atoms with Crippen LogP contribution in [0.3, 0.4) is 0 Å². The number of rotatable bonds is 6. The van der Waals surface area contributed by atoms with Crippen LogP contribution in [0, 0.1) is 0 Å². The van der Waals surface area contributed by atoms with Crippen LogP contribution < -0.4 is 14.8 Å². The number of benzene rings is 1. The highest BCUT2D eigenvalue weighted by atomic mass is 35.5. The van der Waals surface area contributed by atoms with Crippen molar-refractivity contribution in [3.8, 4) is 11.5 Å². The number of nitrogens with zero attached hydrogens (tertiary/aromatic N) is 2. The van der Waals surface area contributed by atoms with Gasteiger partial charge in [-0.25, -0.2) is 0 Å². The van der Waals surface area contributed by atoms with E-state index in [1.165, 1.54) is 0 Å². The first-order chi connectivity index (χ1) is 11.7. The second-order valence-electron chi connectivity index (χ2n) is 5.83. The minimum Gasteiger partial charge on any atom is -0.493 e. The summed E-state index contributed by atoms with van der Waals surface area (Å²) >= 11 is 0. The third-order valence-corrected chi connectivity index (χ3v) is 4.47. The van der Waals surface area contributed by atoms with Gasteiger partial charge in [0, 0.05) is 13.5 Å². The molecule has 1 aliphatic heterocycles. The molecule has 3 rings (SSSR count). The second kappa shape index (κ2) is 8.51. The maximum Gasteiger partial charge on any atom is 0.258 e. The van der Waals surface area contributed by atoms with Crippen LogP contribution in [0.2, 0.25) is 0 Å². The molecule has 2 aromatic rings. The molecule has 138 valence electrons. The molecule has 7 nitrogen and oxygen atoms in total. The average Bonchev–Trinajstić information content (AvgIpc) is 3.11. The Morgan fingerprint density at radius 2 is 1.84 bits per heavy atom. The number of aromatic nitrogens is 2. The molecule has 0 amide bonds. The summed E-state index contributed by atoms with van der Waals surface area (Å²) in [4.78, 5) is 4.57. The minimum atomic E-state index is -0.478. The molecular weight excluding hydrogens is 346 g/mol. The minimum absolute atomic E-state index is 0. The van der Waals surface area contributed by atoms with Crippen molar-refractivity contribution in [2.24, 2.45) is 0 Å². The predicted molar refractivity (Wildman–Crippen MR) is 94.7 cm³/mol. The number of nitrogens with one attached hydrogen (secondary N) is 1. The third-order valence-electron chi connectivity index (χ3n) is 4.47. The molecule has 0 spiro atoms. The van der Waals surface area contributed by atoms with Crippen molar-refractivity contribution >= 4 is 12.4 Å². The van der Waals surface area contributed by atoms with Crippen LogP contribution in [0.4, 0.5) is 0 Å². The van der Waals surface area contributed by atoms with Crippen molar-refractivity contribution < 1.29 is 18.7 Å². The lowest BCUT2D eigenvalue weighted by Gasteiger charge is -2.32. The van der Waals surface area contributed by atoms with Gasteiger partial charge in [-0.05, 0) is 43.6 Å². The van der Waals surface area contributed by atoms with E-state index in [-0.39, 0.29) is 12.4 Å². The number of ether oxygens (including phenoxy) is 3. The Bertz CT molecular complexity index is 686. The Morgan fingerprint density at radius 1 is 1.12 bits per heavy atom. The fourth-order valence-corrected chi connectivity index (χ4v) is 3.02. The zero-order valence-electron chi connectivity index (χ0n) is 14.7. The first kappa shape index (κ1) is 19.5. The Balaban J connectivity index is 0.00000225. The fourth-order valence-electron chi connectivity index (χ4n) is 3.02. The molecule has 2 heterocycles. The first-order valence-electron chi connectivity index (χ1n) is 8.00. The summed E-state index contributed by atoms with van der Waals surface area (Å²) in [6, 6.07) is 5.76. The first-order valence-corrected chi connectivity index (χ1v) is 8.00. The number of hydrogen-bond donors (Lipinski definition) is 1. The molecule has 25 heavy (non-hydrogen) atoms. The summed E-state index contributed by atoms with van der Waals surface area (Å²) in [6.07, 6.45) is 2.20. The van der Waals surface area contributed by atoms with Crippen LogP contribution in [0.25, 0.3) is 0 Å². The molecule has 0 unspecified atom stereocenters. The van der Waals surface area contributed by atoms with Crippen LogP contribution in [0.15, 0.2) is 22.7 Å². The Morgan fingerprint density at radius 3 is 2.48 bits per heavy atom. The van der Waals surface area contributed by atoms with Gasteiger partial charge in [-0.15, -0.1) is 12.4 Å². The van der Waals surface area contributed by atoms with Gasteiger partial charge < -0.3 is 24.1 Å². The van der Waals surface area contributed by atoms with Crippen LogP contribution in [0.5, 0.6) is 11.5 Å². The van der Waals surface area contributed by atoms with Crippen molar-refractivity contribution in [1.29, 1.82) is 0 Å². The molecule has 1 aromatic carbocycles. The number of methoxy groups -OCH3 is 3. The highest BCUT2D eigenvalue weighted by Crippen LogP contribution is 2.33. The van der Waals surface area contributed by atoms with Gasteiger partial charge in [0.25, 0.3) is 5.89 Å². The molecule has 8 heteroatoms. The smallest absolute Gasteiger partial charge is 0.258 e. The lowest BCUT2D eigenvalue weighted by atomic mass is 9.92. The van der Waals surface area contributed by atoms with E-state index < -0.39 is 5.60 Å². The molecule has 1 fully saturated rings. The number of piperidine rings is 1. The van der Waals surface area contributed by atoms with Crippen LogP contribution in [-0.4, -0.2) is 44.6 Å². The van der Waals surface area contributed by atoms with E-state index in [9.17, 15) is 0 Å². The molecule has 0 bridgehead atoms. The van der Waals surface area contributed by atoms with E-state index in [0.717, 1.165) is 31.5 Å². The number of halogens is 1. The summed E-state index contributed by atoms with van der Waals surface area (Å²) < 4.78 is 21.8. The largest absolute Gasteiger partial charge is 0.493 e. The number of hydrogen-bond acceptors (Lipinski definition) is 7. The van der Waals surface area contributed by atoms with Gasteiger partial charge in [-0.3, -0.25) is 0 Å². The molecule has 1 N–H and O–H groups in total. The summed E-state index contributed by atoms with van der Waals surface area (Å²) in [5, 5.41) is 7.44. The standard InChI is InChI=1S/C17H23N3O4.ClH/c1-21-13-5-4-12(10-14(13)22-2)11-15-19-16(24-20-15)17(23-3)6-8-18-9-7-17;/h4-5,10,18H,6-9,11H2,1-3H3;1H. The van der Waals surface area contributed by atoms with Gasteiger partial charge in [0.1, 0.15) is 5.60 Å². The van der Waals surface area contributed by atoms with Gasteiger partial charge in [-0.2, -0.15) is 4.98 Å². The van der Waals surface area contributed by atoms with Crippen molar-refractivity contribution in [3.63, 3.8) is 0 Å². The third kappa shape index (κ3) is 4.05. The maximum absolute atomic E-state index is 5.72. The molecular formula is C17H24ClN3O4. The monoisotopic (exact) mass is 369 g/mol. The normalized spacial score (nSPS) is 16.1. The predicted octanol–water partition coefficient (Wildman–Crippen LogP) is 2.32. The van der Waals surface area contributed by atoms with Crippen LogP contribution >= 0.6 is 12.4 Å². The van der Waals surface area contributed by atoms with Gasteiger partial charge in [0.2, 0.25) is 0 Å². The van der Waals surface area contributed by atoms with E-state index >= 15 is 0 Å². The van der Waals surface area contributed by atoms with Crippen molar-refractivity contribution in [1.82, 2.24) is 15.5 Å². The van der Waals surface area contributed by atoms with Crippen molar-refractivity contribution in [3.05, 3.63) is 35.5 Å². The average molecular weight is 370 g/mol. The van der Waals surface area contributed by atoms with Gasteiger partial charge in [-0.1, -0.05) is 11.2 Å². The zero-order chi connectivity index (χ0) is 17.0. The van der Waals surface area contributed by atoms with Crippen molar-refractivity contribution in [2.75, 3.05) is 34.4 Å². The summed E-state index contributed by atoms with van der Waals surface area (Å²) in [7, 11) is 4.93. The van der Waals surface area contributed by atoms with Gasteiger partial charge in [0.15, 0.2) is 17.3 Å². The van der Waals surface area contributed by atoms with E-state index in [1.54, 1.807) is 21.3 Å². The Labute approximate surface area is 153 Å². The van der Waals surface area contributed by atoms with Gasteiger partial charge >= 0.3 is 0 Å². The topological polar surface area (TPSA) is 78.6 Å². The fraction of sp³-hybridized carbons (Fsp3) is 0.529. The molecule has 1 aromatic heterocycles. The highest BCUT2D eigenvalue weighted by molar-refractivity contribution is 5.85. The molecule has 0 aliphatic carbocycles. The zero-order valence-corrected chi connectivity index (χ0v) is 15.5. The SMILES string of the molecule is COc1ccc(Cc2noc(C3(OC)CCNCC3)n2)cc1OC.Cl. The Hall–Kier alpha value is -1.83. The lowest BCUT2D eigenvalue weighted by Crippen LogP contribution is -2.41. The van der Waals surface area contributed by atoms with E-state index in [1.807, 2.05) is 18.2 Å². The van der Waals surface area contributed by atoms with E-state index in [2.05, 4.69) is 15.5 Å². The molecule has 0 atom stereocenters. The maximum atomic E-state index is 5.72. The van der Waals surface area contributed by atoms with E-state index in [0.29, 0.717) is 29.6 Å². The molecule has 0 radical (unpaired) electrons. The summed E-state index contributed by atoms with van der Waals surface area (Å²) in [5.41, 5.74) is 0.547. The lowest BCUT2D eigenvalue weighted by molar-refractivity contribution is -0.0622. The second-order valence-corrected chi connectivity index (χ2v) is 5.83. The molecule has 1 saturated heterocycles. The molecule has 1 aliphatic rings. The highest BCUT2D eigenvalue weighted by Gasteiger charge is 2.39. The molecule has 0 saturated carbocycles. The van der Waals surface area contributed by atoms with Crippen molar-refractivity contribution in [2.45, 2.75) is 24.9 Å².